The number of aryl methyl sites for hydroxylation is 2. The molecule has 19 heavy (non-hydrogen) atoms. The predicted octanol–water partition coefficient (Wildman–Crippen LogP) is 3.76. The van der Waals surface area contributed by atoms with Crippen molar-refractivity contribution in [2.75, 3.05) is 0 Å². The fraction of sp³-hybridized carbons (Fsp3) is 0.200. The molecule has 100 valence electrons. The van der Waals surface area contributed by atoms with E-state index in [4.69, 9.17) is 5.84 Å². The van der Waals surface area contributed by atoms with Crippen LogP contribution in [-0.4, -0.2) is 0 Å². The zero-order valence-corrected chi connectivity index (χ0v) is 12.5. The number of hydrogen-bond acceptors (Lipinski definition) is 2. The Morgan fingerprint density at radius 2 is 1.84 bits per heavy atom. The minimum atomic E-state index is -0.219. The van der Waals surface area contributed by atoms with Crippen LogP contribution in [0.1, 0.15) is 28.3 Å². The Morgan fingerprint density at radius 1 is 1.11 bits per heavy atom. The fourth-order valence-corrected chi connectivity index (χ4v) is 2.59. The van der Waals surface area contributed by atoms with Crippen LogP contribution in [0.2, 0.25) is 0 Å². The summed E-state index contributed by atoms with van der Waals surface area (Å²) in [4.78, 5) is 0. The van der Waals surface area contributed by atoms with Crippen LogP contribution in [0.3, 0.4) is 0 Å². The molecular formula is C15H16BrFN2. The van der Waals surface area contributed by atoms with Gasteiger partial charge in [-0.15, -0.1) is 0 Å². The summed E-state index contributed by atoms with van der Waals surface area (Å²) in [6.07, 6.45) is 0. The van der Waals surface area contributed by atoms with E-state index in [2.05, 4.69) is 21.4 Å². The third-order valence-electron chi connectivity index (χ3n) is 3.24. The van der Waals surface area contributed by atoms with E-state index in [1.807, 2.05) is 31.2 Å². The van der Waals surface area contributed by atoms with E-state index >= 15 is 0 Å². The monoisotopic (exact) mass is 322 g/mol. The first-order chi connectivity index (χ1) is 9.02. The molecule has 0 heterocycles. The minimum absolute atomic E-state index is 0.215. The van der Waals surface area contributed by atoms with E-state index < -0.39 is 0 Å². The SMILES string of the molecule is Cc1ccc(C(NN)c2ccc(Br)cc2C)cc1F. The molecule has 0 aliphatic carbocycles. The van der Waals surface area contributed by atoms with Crippen LogP contribution in [0.15, 0.2) is 40.9 Å². The maximum atomic E-state index is 13.7. The summed E-state index contributed by atoms with van der Waals surface area (Å²) >= 11 is 3.43. The molecular weight excluding hydrogens is 307 g/mol. The summed E-state index contributed by atoms with van der Waals surface area (Å²) < 4.78 is 14.7. The second-order valence-electron chi connectivity index (χ2n) is 4.61. The van der Waals surface area contributed by atoms with Gasteiger partial charge in [0.2, 0.25) is 0 Å². The molecule has 2 aromatic rings. The lowest BCUT2D eigenvalue weighted by Crippen LogP contribution is -2.29. The molecule has 2 rings (SSSR count). The van der Waals surface area contributed by atoms with Crippen molar-refractivity contribution in [1.29, 1.82) is 0 Å². The second-order valence-corrected chi connectivity index (χ2v) is 5.52. The maximum absolute atomic E-state index is 13.7. The van der Waals surface area contributed by atoms with Crippen LogP contribution in [0, 0.1) is 19.7 Å². The Morgan fingerprint density at radius 3 is 2.42 bits per heavy atom. The third-order valence-corrected chi connectivity index (χ3v) is 3.73. The second kappa shape index (κ2) is 5.82. The molecule has 0 bridgehead atoms. The molecule has 1 atom stereocenters. The van der Waals surface area contributed by atoms with E-state index in [9.17, 15) is 4.39 Å². The average Bonchev–Trinajstić information content (AvgIpc) is 2.37. The number of nitrogens with two attached hydrogens (primary N) is 1. The first-order valence-electron chi connectivity index (χ1n) is 6.01. The largest absolute Gasteiger partial charge is 0.271 e. The van der Waals surface area contributed by atoms with Gasteiger partial charge in [-0.3, -0.25) is 5.84 Å². The molecule has 2 nitrogen and oxygen atoms in total. The van der Waals surface area contributed by atoms with Gasteiger partial charge in [-0.1, -0.05) is 34.1 Å². The number of benzene rings is 2. The number of nitrogens with one attached hydrogen (secondary N) is 1. The molecule has 0 saturated heterocycles. The Bertz CT molecular complexity index is 599. The molecule has 0 saturated carbocycles. The van der Waals surface area contributed by atoms with E-state index in [1.54, 1.807) is 13.0 Å². The van der Waals surface area contributed by atoms with Crippen molar-refractivity contribution in [2.45, 2.75) is 19.9 Å². The van der Waals surface area contributed by atoms with Crippen molar-refractivity contribution in [3.05, 3.63) is 68.9 Å². The van der Waals surface area contributed by atoms with E-state index in [1.165, 1.54) is 6.07 Å². The fourth-order valence-electron chi connectivity index (χ4n) is 2.12. The first-order valence-corrected chi connectivity index (χ1v) is 6.80. The molecule has 1 unspecified atom stereocenters. The predicted molar refractivity (Wildman–Crippen MR) is 79.2 cm³/mol. The Labute approximate surface area is 120 Å². The van der Waals surface area contributed by atoms with E-state index in [-0.39, 0.29) is 11.9 Å². The normalized spacial score (nSPS) is 12.5. The van der Waals surface area contributed by atoms with Crippen LogP contribution >= 0.6 is 15.9 Å². The highest BCUT2D eigenvalue weighted by atomic mass is 79.9. The minimum Gasteiger partial charge on any atom is -0.271 e. The number of hydrogen-bond donors (Lipinski definition) is 2. The Hall–Kier alpha value is -1.23. The molecule has 0 aromatic heterocycles. The smallest absolute Gasteiger partial charge is 0.126 e. The zero-order valence-electron chi connectivity index (χ0n) is 10.9. The van der Waals surface area contributed by atoms with Crippen LogP contribution < -0.4 is 11.3 Å². The average molecular weight is 323 g/mol. The Kier molecular flexibility index (Phi) is 4.34. The molecule has 0 spiro atoms. The quantitative estimate of drug-likeness (QED) is 0.667. The first kappa shape index (κ1) is 14.2. The Balaban J connectivity index is 2.46. The van der Waals surface area contributed by atoms with Crippen LogP contribution in [0.4, 0.5) is 4.39 Å². The van der Waals surface area contributed by atoms with Gasteiger partial charge in [-0.25, -0.2) is 9.82 Å². The van der Waals surface area contributed by atoms with Crippen molar-refractivity contribution < 1.29 is 4.39 Å². The van der Waals surface area contributed by atoms with Crippen LogP contribution in [0.5, 0.6) is 0 Å². The van der Waals surface area contributed by atoms with Crippen LogP contribution in [-0.2, 0) is 0 Å². The van der Waals surface area contributed by atoms with Gasteiger partial charge in [0.05, 0.1) is 6.04 Å². The lowest BCUT2D eigenvalue weighted by Gasteiger charge is -2.19. The molecule has 0 fully saturated rings. The van der Waals surface area contributed by atoms with Gasteiger partial charge in [0.1, 0.15) is 5.82 Å². The standard InChI is InChI=1S/C15H16BrFN2/c1-9-3-4-11(8-14(9)17)15(19-18)13-6-5-12(16)7-10(13)2/h3-8,15,19H,18H2,1-2H3. The van der Waals surface area contributed by atoms with Gasteiger partial charge in [0.25, 0.3) is 0 Å². The molecule has 3 N–H and O–H groups in total. The topological polar surface area (TPSA) is 38.0 Å². The molecule has 0 aliphatic rings. The van der Waals surface area contributed by atoms with Gasteiger partial charge >= 0.3 is 0 Å². The van der Waals surface area contributed by atoms with Gasteiger partial charge in [-0.05, 0) is 54.3 Å². The van der Waals surface area contributed by atoms with Gasteiger partial charge < -0.3 is 0 Å². The van der Waals surface area contributed by atoms with Crippen molar-refractivity contribution in [3.8, 4) is 0 Å². The summed E-state index contributed by atoms with van der Waals surface area (Å²) in [5.74, 6) is 5.43. The lowest BCUT2D eigenvalue weighted by atomic mass is 9.95. The summed E-state index contributed by atoms with van der Waals surface area (Å²) in [5, 5.41) is 0. The number of hydrazine groups is 1. The van der Waals surface area contributed by atoms with E-state index in [0.29, 0.717) is 5.56 Å². The summed E-state index contributed by atoms with van der Waals surface area (Å²) in [6, 6.07) is 10.9. The van der Waals surface area contributed by atoms with Gasteiger partial charge in [-0.2, -0.15) is 0 Å². The maximum Gasteiger partial charge on any atom is 0.126 e. The summed E-state index contributed by atoms with van der Waals surface area (Å²) in [5.41, 5.74) is 6.34. The highest BCUT2D eigenvalue weighted by Crippen LogP contribution is 2.27. The lowest BCUT2D eigenvalue weighted by molar-refractivity contribution is 0.598. The molecule has 2 aromatic carbocycles. The van der Waals surface area contributed by atoms with E-state index in [0.717, 1.165) is 21.2 Å². The highest BCUT2D eigenvalue weighted by molar-refractivity contribution is 9.10. The molecule has 0 aliphatic heterocycles. The highest BCUT2D eigenvalue weighted by Gasteiger charge is 2.15. The molecule has 0 amide bonds. The number of rotatable bonds is 3. The molecule has 0 radical (unpaired) electrons. The molecule has 4 heteroatoms. The van der Waals surface area contributed by atoms with Gasteiger partial charge in [0.15, 0.2) is 0 Å². The van der Waals surface area contributed by atoms with Crippen molar-refractivity contribution in [2.24, 2.45) is 5.84 Å². The summed E-state index contributed by atoms with van der Waals surface area (Å²) in [6.45, 7) is 3.75. The summed E-state index contributed by atoms with van der Waals surface area (Å²) in [7, 11) is 0. The van der Waals surface area contributed by atoms with Crippen molar-refractivity contribution >= 4 is 15.9 Å². The number of halogens is 2. The van der Waals surface area contributed by atoms with Crippen molar-refractivity contribution in [3.63, 3.8) is 0 Å². The third kappa shape index (κ3) is 3.03. The van der Waals surface area contributed by atoms with Crippen LogP contribution in [0.25, 0.3) is 0 Å². The van der Waals surface area contributed by atoms with Crippen molar-refractivity contribution in [1.82, 2.24) is 5.43 Å². The van der Waals surface area contributed by atoms with Gasteiger partial charge in [0, 0.05) is 4.47 Å². The zero-order chi connectivity index (χ0) is 14.0.